The van der Waals surface area contributed by atoms with Gasteiger partial charge in [-0.15, -0.1) is 0 Å². The second kappa shape index (κ2) is 5.66. The van der Waals surface area contributed by atoms with Gasteiger partial charge >= 0.3 is 0 Å². The van der Waals surface area contributed by atoms with Gasteiger partial charge in [0.05, 0.1) is 17.8 Å². The molecule has 3 aromatic rings. The van der Waals surface area contributed by atoms with Gasteiger partial charge in [0.25, 0.3) is 0 Å². The lowest BCUT2D eigenvalue weighted by atomic mass is 9.97. The van der Waals surface area contributed by atoms with Gasteiger partial charge in [-0.2, -0.15) is 5.10 Å². The second-order valence-electron chi connectivity index (χ2n) is 5.26. The summed E-state index contributed by atoms with van der Waals surface area (Å²) in [7, 11) is 1.98. The first-order chi connectivity index (χ1) is 10.2. The highest BCUT2D eigenvalue weighted by Crippen LogP contribution is 2.26. The molecule has 1 aromatic carbocycles. The number of aromatic nitrogens is 3. The monoisotopic (exact) mass is 280 g/mol. The van der Waals surface area contributed by atoms with Crippen LogP contribution in [0.25, 0.3) is 10.9 Å². The third-order valence-corrected chi connectivity index (χ3v) is 3.95. The summed E-state index contributed by atoms with van der Waals surface area (Å²) in [5.74, 6) is 0. The van der Waals surface area contributed by atoms with Gasteiger partial charge in [0.2, 0.25) is 0 Å². The molecule has 4 nitrogen and oxygen atoms in total. The second-order valence-corrected chi connectivity index (χ2v) is 5.26. The van der Waals surface area contributed by atoms with Crippen LogP contribution in [0, 0.1) is 6.92 Å². The van der Waals surface area contributed by atoms with Crippen molar-refractivity contribution in [3.05, 3.63) is 59.5 Å². The fraction of sp³-hybridized carbons (Fsp3) is 0.294. The molecule has 1 N–H and O–H groups in total. The summed E-state index contributed by atoms with van der Waals surface area (Å²) in [4.78, 5) is 4.39. The highest BCUT2D eigenvalue weighted by molar-refractivity contribution is 5.79. The van der Waals surface area contributed by atoms with E-state index in [1.807, 2.05) is 30.2 Å². The smallest absolute Gasteiger partial charge is 0.0702 e. The van der Waals surface area contributed by atoms with E-state index in [1.165, 1.54) is 22.2 Å². The molecule has 0 saturated carbocycles. The predicted octanol–water partition coefficient (Wildman–Crippen LogP) is 2.98. The maximum absolute atomic E-state index is 4.39. The number of pyridine rings is 1. The molecule has 2 aromatic heterocycles. The van der Waals surface area contributed by atoms with Crippen LogP contribution in [0.5, 0.6) is 0 Å². The number of benzene rings is 1. The zero-order chi connectivity index (χ0) is 14.8. The minimum Gasteiger partial charge on any atom is -0.306 e. The van der Waals surface area contributed by atoms with Gasteiger partial charge in [0.1, 0.15) is 0 Å². The third kappa shape index (κ3) is 2.54. The highest BCUT2D eigenvalue weighted by atomic mass is 15.3. The predicted molar refractivity (Wildman–Crippen MR) is 85.2 cm³/mol. The molecule has 0 radical (unpaired) electrons. The average Bonchev–Trinajstić information content (AvgIpc) is 2.84. The molecule has 0 bridgehead atoms. The van der Waals surface area contributed by atoms with Gasteiger partial charge in [0, 0.05) is 29.9 Å². The zero-order valence-corrected chi connectivity index (χ0v) is 12.7. The first kappa shape index (κ1) is 13.8. The van der Waals surface area contributed by atoms with E-state index >= 15 is 0 Å². The van der Waals surface area contributed by atoms with Crippen LogP contribution in [0.3, 0.4) is 0 Å². The van der Waals surface area contributed by atoms with Crippen molar-refractivity contribution >= 4 is 10.9 Å². The Labute approximate surface area is 124 Å². The molecule has 3 rings (SSSR count). The zero-order valence-electron chi connectivity index (χ0n) is 12.7. The van der Waals surface area contributed by atoms with E-state index in [0.717, 1.165) is 12.1 Å². The van der Waals surface area contributed by atoms with Crippen molar-refractivity contribution in [3.8, 4) is 0 Å². The summed E-state index contributed by atoms with van der Waals surface area (Å²) >= 11 is 0. The van der Waals surface area contributed by atoms with Crippen LogP contribution < -0.4 is 5.32 Å². The summed E-state index contributed by atoms with van der Waals surface area (Å²) < 4.78 is 1.92. The van der Waals surface area contributed by atoms with Crippen molar-refractivity contribution in [1.29, 1.82) is 0 Å². The van der Waals surface area contributed by atoms with Crippen molar-refractivity contribution < 1.29 is 0 Å². The molecule has 0 amide bonds. The van der Waals surface area contributed by atoms with E-state index in [9.17, 15) is 0 Å². The van der Waals surface area contributed by atoms with Gasteiger partial charge in [-0.05, 0) is 37.2 Å². The van der Waals surface area contributed by atoms with E-state index in [-0.39, 0.29) is 6.04 Å². The van der Waals surface area contributed by atoms with Crippen LogP contribution in [0.4, 0.5) is 0 Å². The van der Waals surface area contributed by atoms with Crippen LogP contribution in [0.15, 0.2) is 42.7 Å². The molecule has 0 aliphatic carbocycles. The Bertz CT molecular complexity index is 760. The van der Waals surface area contributed by atoms with Crippen molar-refractivity contribution in [1.82, 2.24) is 20.1 Å². The largest absolute Gasteiger partial charge is 0.306 e. The SMILES string of the molecule is CCNC(c1ccc2ncccc2c1)c1cnn(C)c1C. The Kier molecular flexibility index (Phi) is 3.71. The maximum Gasteiger partial charge on any atom is 0.0702 e. The molecule has 21 heavy (non-hydrogen) atoms. The standard InChI is InChI=1S/C17H20N4/c1-4-18-17(15-11-20-21(3)12(15)2)14-7-8-16-13(10-14)6-5-9-19-16/h5-11,17-18H,4H2,1-3H3. The lowest BCUT2D eigenvalue weighted by Crippen LogP contribution is -2.22. The van der Waals surface area contributed by atoms with Crippen molar-refractivity contribution in [2.75, 3.05) is 6.54 Å². The Morgan fingerprint density at radius 1 is 1.29 bits per heavy atom. The number of fused-ring (bicyclic) bond motifs is 1. The van der Waals surface area contributed by atoms with E-state index in [1.54, 1.807) is 0 Å². The normalized spacial score (nSPS) is 12.7. The molecule has 0 aliphatic heterocycles. The summed E-state index contributed by atoms with van der Waals surface area (Å²) in [6, 6.07) is 10.7. The van der Waals surface area contributed by atoms with E-state index in [4.69, 9.17) is 0 Å². The first-order valence-corrected chi connectivity index (χ1v) is 7.27. The summed E-state index contributed by atoms with van der Waals surface area (Å²) in [5, 5.41) is 9.10. The fourth-order valence-corrected chi connectivity index (χ4v) is 2.68. The van der Waals surface area contributed by atoms with Gasteiger partial charge in [-0.3, -0.25) is 9.67 Å². The number of hydrogen-bond donors (Lipinski definition) is 1. The van der Waals surface area contributed by atoms with Crippen molar-refractivity contribution in [2.24, 2.45) is 7.05 Å². The highest BCUT2D eigenvalue weighted by Gasteiger charge is 2.18. The van der Waals surface area contributed by atoms with Crippen LogP contribution in [0.2, 0.25) is 0 Å². The van der Waals surface area contributed by atoms with Gasteiger partial charge in [-0.25, -0.2) is 0 Å². The average molecular weight is 280 g/mol. The molecule has 108 valence electrons. The minimum atomic E-state index is 0.160. The fourth-order valence-electron chi connectivity index (χ4n) is 2.68. The van der Waals surface area contributed by atoms with Crippen molar-refractivity contribution in [2.45, 2.75) is 19.9 Å². The molecule has 0 fully saturated rings. The molecule has 4 heteroatoms. The molecule has 0 aliphatic rings. The number of nitrogens with zero attached hydrogens (tertiary/aromatic N) is 3. The molecule has 2 heterocycles. The molecule has 1 atom stereocenters. The van der Waals surface area contributed by atoms with E-state index < -0.39 is 0 Å². The lowest BCUT2D eigenvalue weighted by Gasteiger charge is -2.19. The van der Waals surface area contributed by atoms with E-state index in [2.05, 4.69) is 53.5 Å². The van der Waals surface area contributed by atoms with Crippen molar-refractivity contribution in [3.63, 3.8) is 0 Å². The Balaban J connectivity index is 2.08. The summed E-state index contributed by atoms with van der Waals surface area (Å²) in [6.07, 6.45) is 3.78. The third-order valence-electron chi connectivity index (χ3n) is 3.95. The summed E-state index contributed by atoms with van der Waals surface area (Å²) in [6.45, 7) is 5.14. The molecule has 0 saturated heterocycles. The van der Waals surface area contributed by atoms with E-state index in [0.29, 0.717) is 0 Å². The Morgan fingerprint density at radius 3 is 2.86 bits per heavy atom. The molecular formula is C17H20N4. The van der Waals surface area contributed by atoms with Gasteiger partial charge in [0.15, 0.2) is 0 Å². The minimum absolute atomic E-state index is 0.160. The number of hydrogen-bond acceptors (Lipinski definition) is 3. The quantitative estimate of drug-likeness (QED) is 0.799. The molecular weight excluding hydrogens is 260 g/mol. The van der Waals surface area contributed by atoms with Crippen LogP contribution in [-0.2, 0) is 7.05 Å². The molecule has 0 spiro atoms. The first-order valence-electron chi connectivity index (χ1n) is 7.27. The van der Waals surface area contributed by atoms with Gasteiger partial charge < -0.3 is 5.32 Å². The topological polar surface area (TPSA) is 42.7 Å². The number of rotatable bonds is 4. The number of nitrogens with one attached hydrogen (secondary N) is 1. The lowest BCUT2D eigenvalue weighted by molar-refractivity contribution is 0.625. The van der Waals surface area contributed by atoms with Gasteiger partial charge in [-0.1, -0.05) is 19.1 Å². The van der Waals surface area contributed by atoms with Crippen LogP contribution in [-0.4, -0.2) is 21.3 Å². The summed E-state index contributed by atoms with van der Waals surface area (Å²) in [5.41, 5.74) is 4.68. The van der Waals surface area contributed by atoms with Crippen LogP contribution >= 0.6 is 0 Å². The van der Waals surface area contributed by atoms with Crippen LogP contribution in [0.1, 0.15) is 29.8 Å². The molecule has 1 unspecified atom stereocenters. The Hall–Kier alpha value is -2.20. The Morgan fingerprint density at radius 2 is 2.14 bits per heavy atom. The number of aryl methyl sites for hydroxylation is 1. The maximum atomic E-state index is 4.39.